The molecule has 0 N–H and O–H groups in total. The Morgan fingerprint density at radius 3 is 2.62 bits per heavy atom. The summed E-state index contributed by atoms with van der Waals surface area (Å²) in [5, 5.41) is 4.92. The van der Waals surface area contributed by atoms with Crippen LogP contribution < -0.4 is 0 Å². The Morgan fingerprint density at radius 1 is 1.12 bits per heavy atom. The average molecular weight is 374 g/mol. The van der Waals surface area contributed by atoms with Crippen LogP contribution in [0.5, 0.6) is 0 Å². The van der Waals surface area contributed by atoms with E-state index in [1.807, 2.05) is 10.7 Å². The molecule has 2 saturated heterocycles. The lowest BCUT2D eigenvalue weighted by Crippen LogP contribution is -2.42. The van der Waals surface area contributed by atoms with Crippen LogP contribution >= 0.6 is 12.2 Å². The summed E-state index contributed by atoms with van der Waals surface area (Å²) >= 11 is 5.82. The third-order valence-corrected chi connectivity index (χ3v) is 5.54. The van der Waals surface area contributed by atoms with Crippen molar-refractivity contribution in [3.63, 3.8) is 0 Å². The van der Waals surface area contributed by atoms with Crippen LogP contribution in [0.25, 0.3) is 5.69 Å². The van der Waals surface area contributed by atoms with Crippen LogP contribution in [0.2, 0.25) is 0 Å². The normalized spacial score (nSPS) is 22.1. The van der Waals surface area contributed by atoms with E-state index in [9.17, 15) is 0 Å². The van der Waals surface area contributed by atoms with Crippen LogP contribution in [0.3, 0.4) is 0 Å². The number of para-hydroxylation sites is 1. The van der Waals surface area contributed by atoms with Crippen LogP contribution in [-0.4, -0.2) is 63.0 Å². The highest BCUT2D eigenvalue weighted by molar-refractivity contribution is 7.71. The highest BCUT2D eigenvalue weighted by atomic mass is 32.1. The van der Waals surface area contributed by atoms with Crippen molar-refractivity contribution in [2.45, 2.75) is 39.1 Å². The van der Waals surface area contributed by atoms with Crippen molar-refractivity contribution in [3.05, 3.63) is 40.9 Å². The first-order valence-electron chi connectivity index (χ1n) is 9.51. The van der Waals surface area contributed by atoms with Gasteiger partial charge in [0, 0.05) is 18.8 Å². The molecule has 26 heavy (non-hydrogen) atoms. The Kier molecular flexibility index (Phi) is 5.49. The summed E-state index contributed by atoms with van der Waals surface area (Å²) < 4.78 is 10.5. The second-order valence-electron chi connectivity index (χ2n) is 7.25. The summed E-state index contributed by atoms with van der Waals surface area (Å²) in [5.74, 6) is 1.03. The number of benzene rings is 1. The third-order valence-electron chi connectivity index (χ3n) is 5.14. The van der Waals surface area contributed by atoms with E-state index in [0.717, 1.165) is 62.3 Å². The molecule has 0 saturated carbocycles. The summed E-state index contributed by atoms with van der Waals surface area (Å²) in [6.07, 6.45) is 2.81. The highest BCUT2D eigenvalue weighted by Gasteiger charge is 2.21. The lowest BCUT2D eigenvalue weighted by molar-refractivity contribution is -0.0307. The molecular formula is C19H27N5OS. The average Bonchev–Trinajstić information content (AvgIpc) is 3.25. The summed E-state index contributed by atoms with van der Waals surface area (Å²) in [5.41, 5.74) is 1.09. The highest BCUT2D eigenvalue weighted by Crippen LogP contribution is 2.17. The fourth-order valence-corrected chi connectivity index (χ4v) is 4.14. The first-order chi connectivity index (χ1) is 12.7. The number of morpholine rings is 1. The monoisotopic (exact) mass is 373 g/mol. The molecule has 6 nitrogen and oxygen atoms in total. The maximum absolute atomic E-state index is 5.82. The van der Waals surface area contributed by atoms with Gasteiger partial charge in [-0.3, -0.25) is 14.4 Å². The molecule has 1 aromatic carbocycles. The van der Waals surface area contributed by atoms with Crippen LogP contribution in [0, 0.1) is 4.77 Å². The molecule has 7 heteroatoms. The van der Waals surface area contributed by atoms with E-state index in [1.165, 1.54) is 12.8 Å². The first-order valence-corrected chi connectivity index (χ1v) is 9.92. The molecule has 0 spiro atoms. The standard InChI is InChI=1S/C19H27N5OS/c1-16-13-22(11-12-25-16)15-23-19(26)24(17-7-3-2-4-8-17)18(20-23)14-21-9-5-6-10-21/h2-4,7-8,16H,5-6,9-15H2,1H3/t16-/m0/s1. The van der Waals surface area contributed by atoms with Crippen molar-refractivity contribution in [3.8, 4) is 5.69 Å². The Bertz CT molecular complexity index is 781. The largest absolute Gasteiger partial charge is 0.376 e. The minimum absolute atomic E-state index is 0.262. The van der Waals surface area contributed by atoms with E-state index < -0.39 is 0 Å². The number of hydrogen-bond acceptors (Lipinski definition) is 5. The van der Waals surface area contributed by atoms with Gasteiger partial charge in [0.05, 0.1) is 25.9 Å². The molecule has 3 heterocycles. The van der Waals surface area contributed by atoms with Gasteiger partial charge in [0.2, 0.25) is 4.77 Å². The van der Waals surface area contributed by atoms with Gasteiger partial charge in [0.1, 0.15) is 0 Å². The van der Waals surface area contributed by atoms with Gasteiger partial charge in [-0.25, -0.2) is 4.68 Å². The van der Waals surface area contributed by atoms with Crippen molar-refractivity contribution in [1.82, 2.24) is 24.1 Å². The quantitative estimate of drug-likeness (QED) is 0.754. The van der Waals surface area contributed by atoms with E-state index in [-0.39, 0.29) is 6.10 Å². The Balaban J connectivity index is 1.64. The van der Waals surface area contributed by atoms with Gasteiger partial charge < -0.3 is 4.74 Å². The summed E-state index contributed by atoms with van der Waals surface area (Å²) in [7, 11) is 0. The van der Waals surface area contributed by atoms with Gasteiger partial charge >= 0.3 is 0 Å². The fraction of sp³-hybridized carbons (Fsp3) is 0.579. The Morgan fingerprint density at radius 2 is 1.88 bits per heavy atom. The predicted molar refractivity (Wildman–Crippen MR) is 104 cm³/mol. The molecule has 0 unspecified atom stereocenters. The zero-order chi connectivity index (χ0) is 17.9. The number of aromatic nitrogens is 3. The van der Waals surface area contributed by atoms with Gasteiger partial charge in [0.15, 0.2) is 5.82 Å². The maximum Gasteiger partial charge on any atom is 0.203 e. The number of likely N-dealkylation sites (tertiary alicyclic amines) is 1. The van der Waals surface area contributed by atoms with Gasteiger partial charge in [-0.2, -0.15) is 5.10 Å². The maximum atomic E-state index is 5.82. The van der Waals surface area contributed by atoms with Gasteiger partial charge in [-0.1, -0.05) is 18.2 Å². The molecule has 2 aliphatic heterocycles. The predicted octanol–water partition coefficient (Wildman–Crippen LogP) is 2.68. The van der Waals surface area contributed by atoms with Crippen LogP contribution in [0.15, 0.2) is 30.3 Å². The number of rotatable bonds is 5. The summed E-state index contributed by atoms with van der Waals surface area (Å²) in [6.45, 7) is 8.60. The summed E-state index contributed by atoms with van der Waals surface area (Å²) in [6, 6.07) is 10.3. The minimum Gasteiger partial charge on any atom is -0.376 e. The second kappa shape index (κ2) is 8.00. The zero-order valence-electron chi connectivity index (χ0n) is 15.4. The molecule has 2 aliphatic rings. The molecule has 140 valence electrons. The molecule has 1 atom stereocenters. The van der Waals surface area contributed by atoms with E-state index in [1.54, 1.807) is 0 Å². The molecule has 1 aromatic heterocycles. The van der Waals surface area contributed by atoms with E-state index >= 15 is 0 Å². The van der Waals surface area contributed by atoms with Crippen LogP contribution in [-0.2, 0) is 18.0 Å². The van der Waals surface area contributed by atoms with E-state index in [4.69, 9.17) is 22.1 Å². The number of nitrogens with zero attached hydrogens (tertiary/aromatic N) is 5. The second-order valence-corrected chi connectivity index (χ2v) is 7.62. The molecule has 0 radical (unpaired) electrons. The molecule has 0 aliphatic carbocycles. The first kappa shape index (κ1) is 17.9. The lowest BCUT2D eigenvalue weighted by atomic mass is 10.3. The van der Waals surface area contributed by atoms with Crippen LogP contribution in [0.1, 0.15) is 25.6 Å². The molecular weight excluding hydrogens is 346 g/mol. The van der Waals surface area contributed by atoms with Crippen molar-refractivity contribution in [1.29, 1.82) is 0 Å². The lowest BCUT2D eigenvalue weighted by Gasteiger charge is -2.30. The van der Waals surface area contributed by atoms with Crippen molar-refractivity contribution >= 4 is 12.2 Å². The summed E-state index contributed by atoms with van der Waals surface area (Å²) in [4.78, 5) is 4.84. The molecule has 2 fully saturated rings. The molecule has 0 amide bonds. The van der Waals surface area contributed by atoms with Crippen molar-refractivity contribution in [2.75, 3.05) is 32.8 Å². The Labute approximate surface area is 160 Å². The van der Waals surface area contributed by atoms with Gasteiger partial charge in [-0.05, 0) is 57.2 Å². The topological polar surface area (TPSA) is 38.5 Å². The van der Waals surface area contributed by atoms with Crippen molar-refractivity contribution < 1.29 is 4.74 Å². The minimum atomic E-state index is 0.262. The fourth-order valence-electron chi connectivity index (χ4n) is 3.83. The van der Waals surface area contributed by atoms with E-state index in [2.05, 4.69) is 45.6 Å². The van der Waals surface area contributed by atoms with Crippen LogP contribution in [0.4, 0.5) is 0 Å². The van der Waals surface area contributed by atoms with E-state index in [0.29, 0.717) is 0 Å². The molecule has 4 rings (SSSR count). The third kappa shape index (κ3) is 3.91. The smallest absolute Gasteiger partial charge is 0.203 e. The van der Waals surface area contributed by atoms with Gasteiger partial charge in [-0.15, -0.1) is 0 Å². The number of hydrogen-bond donors (Lipinski definition) is 0. The molecule has 2 aromatic rings. The van der Waals surface area contributed by atoms with Crippen molar-refractivity contribution in [2.24, 2.45) is 0 Å². The molecule has 0 bridgehead atoms. The van der Waals surface area contributed by atoms with Gasteiger partial charge in [0.25, 0.3) is 0 Å². The Hall–Kier alpha value is -1.54. The SMILES string of the molecule is C[C@H]1CN(Cn2nc(CN3CCCC3)n(-c3ccccc3)c2=S)CCO1. The number of ether oxygens (including phenoxy) is 1. The zero-order valence-corrected chi connectivity index (χ0v) is 16.2.